The van der Waals surface area contributed by atoms with Crippen LogP contribution in [0.5, 0.6) is 0 Å². The molecule has 1 aliphatic carbocycles. The maximum absolute atomic E-state index is 14.5. The molecule has 194 valence electrons. The number of hydrogen-bond acceptors (Lipinski definition) is 3. The monoisotopic (exact) mass is 546 g/mol. The van der Waals surface area contributed by atoms with Gasteiger partial charge in [-0.2, -0.15) is 26.3 Å². The average Bonchev–Trinajstić information content (AvgIpc) is 3.59. The lowest BCUT2D eigenvalue weighted by Gasteiger charge is -2.19. The fourth-order valence-corrected chi connectivity index (χ4v) is 4.25. The van der Waals surface area contributed by atoms with E-state index in [-0.39, 0.29) is 40.2 Å². The SMILES string of the molecule is O=C(O)c1cc(NC(=O)C2(c3ccc(C(F)(F)F)cc3F)CC2)cc(Cl)c1-c1ccc(C(F)(F)F)nc1. The molecule has 1 fully saturated rings. The molecule has 0 spiro atoms. The number of carbonyl (C=O) groups excluding carboxylic acids is 1. The Morgan fingerprint density at radius 1 is 0.973 bits per heavy atom. The molecule has 5 nitrogen and oxygen atoms in total. The largest absolute Gasteiger partial charge is 0.478 e. The van der Waals surface area contributed by atoms with E-state index in [9.17, 15) is 45.4 Å². The molecule has 1 amide bonds. The minimum atomic E-state index is -4.77. The van der Waals surface area contributed by atoms with Crippen molar-refractivity contribution in [1.29, 1.82) is 0 Å². The first-order valence-electron chi connectivity index (χ1n) is 10.4. The maximum atomic E-state index is 14.5. The second kappa shape index (κ2) is 9.02. The lowest BCUT2D eigenvalue weighted by atomic mass is 9.93. The zero-order valence-electron chi connectivity index (χ0n) is 18.3. The highest BCUT2D eigenvalue weighted by Crippen LogP contribution is 2.50. The Morgan fingerprint density at radius 2 is 1.65 bits per heavy atom. The van der Waals surface area contributed by atoms with Gasteiger partial charge < -0.3 is 10.4 Å². The Hall–Kier alpha value is -3.67. The van der Waals surface area contributed by atoms with Gasteiger partial charge in [0, 0.05) is 28.6 Å². The number of amides is 1. The van der Waals surface area contributed by atoms with E-state index < -0.39 is 52.3 Å². The molecule has 0 unspecified atom stereocenters. The summed E-state index contributed by atoms with van der Waals surface area (Å²) in [6.45, 7) is 0. The summed E-state index contributed by atoms with van der Waals surface area (Å²) in [6, 6.07) is 5.67. The van der Waals surface area contributed by atoms with Gasteiger partial charge in [0.1, 0.15) is 11.5 Å². The van der Waals surface area contributed by atoms with Crippen molar-refractivity contribution < 1.29 is 45.4 Å². The van der Waals surface area contributed by atoms with Crippen molar-refractivity contribution >= 4 is 29.2 Å². The summed E-state index contributed by atoms with van der Waals surface area (Å²) in [6.07, 6.45) is -8.41. The molecule has 1 aliphatic rings. The van der Waals surface area contributed by atoms with Crippen molar-refractivity contribution in [3.63, 3.8) is 0 Å². The van der Waals surface area contributed by atoms with Gasteiger partial charge in [-0.15, -0.1) is 0 Å². The number of rotatable bonds is 5. The topological polar surface area (TPSA) is 79.3 Å². The first-order chi connectivity index (χ1) is 17.1. The number of carbonyl (C=O) groups is 2. The van der Waals surface area contributed by atoms with E-state index in [1.54, 1.807) is 0 Å². The molecule has 2 aromatic carbocycles. The van der Waals surface area contributed by atoms with Crippen molar-refractivity contribution in [3.05, 3.63) is 81.9 Å². The van der Waals surface area contributed by atoms with Crippen LogP contribution in [0.3, 0.4) is 0 Å². The standard InChI is InChI=1S/C24H14ClF7N2O3/c25-16-9-13(8-14(20(35)36)19(16)11-1-4-18(33-10-11)24(30,31)32)34-21(37)22(5-6-22)15-3-2-12(7-17(15)26)23(27,28)29/h1-4,7-10H,5-6H2,(H,34,37)(H,35,36). The number of nitrogens with one attached hydrogen (secondary N) is 1. The molecule has 1 saturated carbocycles. The van der Waals surface area contributed by atoms with E-state index in [0.717, 1.165) is 30.5 Å². The molecule has 37 heavy (non-hydrogen) atoms. The summed E-state index contributed by atoms with van der Waals surface area (Å²) in [5.41, 5.74) is -4.86. The number of aromatic nitrogens is 1. The Labute approximate surface area is 208 Å². The van der Waals surface area contributed by atoms with Crippen LogP contribution in [-0.4, -0.2) is 22.0 Å². The third kappa shape index (κ3) is 5.10. The summed E-state index contributed by atoms with van der Waals surface area (Å²) in [5, 5.41) is 11.8. The van der Waals surface area contributed by atoms with Crippen LogP contribution >= 0.6 is 11.6 Å². The number of aromatic carboxylic acids is 1. The van der Waals surface area contributed by atoms with E-state index in [1.165, 1.54) is 0 Å². The van der Waals surface area contributed by atoms with Crippen LogP contribution < -0.4 is 5.32 Å². The fraction of sp³-hybridized carbons (Fsp3) is 0.208. The molecule has 0 radical (unpaired) electrons. The Bertz CT molecular complexity index is 1400. The summed E-state index contributed by atoms with van der Waals surface area (Å²) in [7, 11) is 0. The van der Waals surface area contributed by atoms with E-state index in [2.05, 4.69) is 10.3 Å². The molecule has 4 rings (SSSR count). The molecular weight excluding hydrogens is 533 g/mol. The van der Waals surface area contributed by atoms with E-state index >= 15 is 0 Å². The number of carboxylic acids is 1. The number of alkyl halides is 6. The number of carboxylic acid groups (broad SMARTS) is 1. The Balaban J connectivity index is 1.65. The van der Waals surface area contributed by atoms with Gasteiger partial charge in [-0.3, -0.25) is 9.78 Å². The molecule has 2 N–H and O–H groups in total. The second-order valence-corrected chi connectivity index (χ2v) is 8.75. The van der Waals surface area contributed by atoms with E-state index in [0.29, 0.717) is 18.2 Å². The molecular formula is C24H14ClF7N2O3. The second-order valence-electron chi connectivity index (χ2n) is 8.34. The minimum Gasteiger partial charge on any atom is -0.478 e. The highest BCUT2D eigenvalue weighted by Gasteiger charge is 2.53. The van der Waals surface area contributed by atoms with Crippen molar-refractivity contribution in [2.24, 2.45) is 0 Å². The molecule has 0 atom stereocenters. The van der Waals surface area contributed by atoms with E-state index in [4.69, 9.17) is 11.6 Å². The first-order valence-corrected chi connectivity index (χ1v) is 10.8. The summed E-state index contributed by atoms with van der Waals surface area (Å²) in [5.74, 6) is -3.51. The maximum Gasteiger partial charge on any atom is 0.433 e. The van der Waals surface area contributed by atoms with E-state index in [1.807, 2.05) is 0 Å². The Morgan fingerprint density at radius 3 is 2.14 bits per heavy atom. The molecule has 0 aliphatic heterocycles. The molecule has 13 heteroatoms. The number of nitrogens with zero attached hydrogens (tertiary/aromatic N) is 1. The molecule has 1 heterocycles. The highest BCUT2D eigenvalue weighted by atomic mass is 35.5. The average molecular weight is 547 g/mol. The van der Waals surface area contributed by atoms with Gasteiger partial charge in [0.05, 0.1) is 21.6 Å². The van der Waals surface area contributed by atoms with Gasteiger partial charge in [-0.25, -0.2) is 9.18 Å². The zero-order chi connectivity index (χ0) is 27.3. The summed E-state index contributed by atoms with van der Waals surface area (Å²) < 4.78 is 91.6. The number of anilines is 1. The van der Waals surface area contributed by atoms with Crippen LogP contribution in [0.25, 0.3) is 11.1 Å². The van der Waals surface area contributed by atoms with Crippen LogP contribution in [-0.2, 0) is 22.6 Å². The number of halogens is 8. The molecule has 3 aromatic rings. The van der Waals surface area contributed by atoms with Crippen LogP contribution in [0, 0.1) is 5.82 Å². The highest BCUT2D eigenvalue weighted by molar-refractivity contribution is 6.34. The predicted octanol–water partition coefficient (Wildman–Crippen LogP) is 6.95. The van der Waals surface area contributed by atoms with Crippen molar-refractivity contribution in [1.82, 2.24) is 4.98 Å². The van der Waals surface area contributed by atoms with Gasteiger partial charge in [0.15, 0.2) is 0 Å². The number of benzene rings is 2. The minimum absolute atomic E-state index is 0.0289. The van der Waals surface area contributed by atoms with Crippen LogP contribution in [0.1, 0.15) is 40.0 Å². The number of pyridine rings is 1. The van der Waals surface area contributed by atoms with Crippen molar-refractivity contribution in [2.45, 2.75) is 30.6 Å². The summed E-state index contributed by atoms with van der Waals surface area (Å²) >= 11 is 6.23. The summed E-state index contributed by atoms with van der Waals surface area (Å²) in [4.78, 5) is 28.2. The van der Waals surface area contributed by atoms with Gasteiger partial charge >= 0.3 is 18.3 Å². The predicted molar refractivity (Wildman–Crippen MR) is 118 cm³/mol. The van der Waals surface area contributed by atoms with Gasteiger partial charge in [0.2, 0.25) is 5.91 Å². The van der Waals surface area contributed by atoms with Crippen LogP contribution in [0.15, 0.2) is 48.7 Å². The number of hydrogen-bond donors (Lipinski definition) is 2. The lowest BCUT2D eigenvalue weighted by molar-refractivity contribution is -0.141. The normalized spacial score (nSPS) is 14.8. The van der Waals surface area contributed by atoms with Gasteiger partial charge in [-0.05, 0) is 43.2 Å². The Kier molecular flexibility index (Phi) is 6.43. The zero-order valence-corrected chi connectivity index (χ0v) is 19.0. The van der Waals surface area contributed by atoms with Gasteiger partial charge in [-0.1, -0.05) is 23.7 Å². The molecule has 0 saturated heterocycles. The van der Waals surface area contributed by atoms with Gasteiger partial charge in [0.25, 0.3) is 0 Å². The third-order valence-corrected chi connectivity index (χ3v) is 6.22. The van der Waals surface area contributed by atoms with Crippen molar-refractivity contribution in [2.75, 3.05) is 5.32 Å². The van der Waals surface area contributed by atoms with Crippen molar-refractivity contribution in [3.8, 4) is 11.1 Å². The third-order valence-electron chi connectivity index (χ3n) is 5.92. The lowest BCUT2D eigenvalue weighted by Crippen LogP contribution is -2.29. The van der Waals surface area contributed by atoms with Crippen LogP contribution in [0.4, 0.5) is 36.4 Å². The molecule has 1 aromatic heterocycles. The quantitative estimate of drug-likeness (QED) is 0.340. The van der Waals surface area contributed by atoms with Crippen LogP contribution in [0.2, 0.25) is 5.02 Å². The smallest absolute Gasteiger partial charge is 0.433 e. The first kappa shape index (κ1) is 26.4. The fourth-order valence-electron chi connectivity index (χ4n) is 3.92. The molecule has 0 bridgehead atoms.